The van der Waals surface area contributed by atoms with Crippen molar-refractivity contribution in [3.63, 3.8) is 0 Å². The van der Waals surface area contributed by atoms with Crippen LogP contribution in [0.25, 0.3) is 0 Å². The van der Waals surface area contributed by atoms with Crippen LogP contribution in [0.4, 0.5) is 0 Å². The number of hydrogen-bond donors (Lipinski definition) is 1. The van der Waals surface area contributed by atoms with Gasteiger partial charge in [-0.05, 0) is 37.1 Å². The number of benzene rings is 2. The molecule has 0 fully saturated rings. The normalized spacial score (nSPS) is 19.2. The second-order valence-electron chi connectivity index (χ2n) is 5.37. The van der Waals surface area contributed by atoms with Crippen molar-refractivity contribution in [2.45, 2.75) is 26.4 Å². The van der Waals surface area contributed by atoms with E-state index in [1.807, 2.05) is 32.0 Å². The summed E-state index contributed by atoms with van der Waals surface area (Å²) in [5.41, 5.74) is 4.58. The van der Waals surface area contributed by atoms with Crippen molar-refractivity contribution in [1.82, 2.24) is 0 Å². The van der Waals surface area contributed by atoms with Crippen molar-refractivity contribution in [2.75, 3.05) is 0 Å². The van der Waals surface area contributed by atoms with Gasteiger partial charge < -0.3 is 9.94 Å². The summed E-state index contributed by atoms with van der Waals surface area (Å²) in [4.78, 5) is 0. The number of halogens is 1. The monoisotopic (exact) mass is 301 g/mol. The summed E-state index contributed by atoms with van der Waals surface area (Å²) in [6.07, 6.45) is 0.371. The van der Waals surface area contributed by atoms with Crippen molar-refractivity contribution in [3.05, 3.63) is 63.7 Å². The van der Waals surface area contributed by atoms with Crippen LogP contribution >= 0.6 is 11.6 Å². The minimum Gasteiger partial charge on any atom is -0.485 e. The molecule has 1 heterocycles. The molecule has 3 nitrogen and oxygen atoms in total. The summed E-state index contributed by atoms with van der Waals surface area (Å²) < 4.78 is 6.08. The van der Waals surface area contributed by atoms with Gasteiger partial charge in [-0.1, -0.05) is 46.6 Å². The summed E-state index contributed by atoms with van der Waals surface area (Å²) in [5.74, 6) is 0.710. The van der Waals surface area contributed by atoms with Gasteiger partial charge in [0.05, 0.1) is 5.71 Å². The number of rotatable bonds is 1. The molecule has 0 spiro atoms. The van der Waals surface area contributed by atoms with Gasteiger partial charge in [-0.15, -0.1) is 0 Å². The molecule has 1 atom stereocenters. The van der Waals surface area contributed by atoms with Gasteiger partial charge in [-0.25, -0.2) is 0 Å². The Hall–Kier alpha value is -2.00. The maximum absolute atomic E-state index is 9.30. The molecular formula is C17H16ClNO2. The van der Waals surface area contributed by atoms with Crippen LogP contribution < -0.4 is 4.74 Å². The van der Waals surface area contributed by atoms with E-state index in [0.717, 1.165) is 16.7 Å². The van der Waals surface area contributed by atoms with Gasteiger partial charge in [0.2, 0.25) is 0 Å². The van der Waals surface area contributed by atoms with Gasteiger partial charge in [-0.2, -0.15) is 0 Å². The van der Waals surface area contributed by atoms with Crippen LogP contribution in [0.1, 0.15) is 34.8 Å². The van der Waals surface area contributed by atoms with E-state index in [-0.39, 0.29) is 6.10 Å². The van der Waals surface area contributed by atoms with E-state index in [2.05, 4.69) is 17.3 Å². The summed E-state index contributed by atoms with van der Waals surface area (Å²) in [5, 5.41) is 13.4. The van der Waals surface area contributed by atoms with Gasteiger partial charge in [0.15, 0.2) is 0 Å². The van der Waals surface area contributed by atoms with E-state index >= 15 is 0 Å². The SMILES string of the molecule is Cc1ccc(C2C/C(=N/O)c3cc(Cl)c(C)cc3O2)cc1. The van der Waals surface area contributed by atoms with Crippen molar-refractivity contribution in [3.8, 4) is 5.75 Å². The summed E-state index contributed by atoms with van der Waals surface area (Å²) in [6.45, 7) is 3.98. The zero-order chi connectivity index (χ0) is 15.0. The molecule has 1 N–H and O–H groups in total. The van der Waals surface area contributed by atoms with Crippen LogP contribution in [0, 0.1) is 13.8 Å². The van der Waals surface area contributed by atoms with E-state index in [1.165, 1.54) is 5.56 Å². The number of oxime groups is 1. The molecule has 2 aromatic carbocycles. The summed E-state index contributed by atoms with van der Waals surface area (Å²) in [7, 11) is 0. The van der Waals surface area contributed by atoms with Crippen molar-refractivity contribution in [1.29, 1.82) is 0 Å². The molecule has 1 aliphatic rings. The molecule has 108 valence electrons. The highest BCUT2D eigenvalue weighted by Gasteiger charge is 2.27. The maximum Gasteiger partial charge on any atom is 0.129 e. The molecule has 0 saturated heterocycles. The third-order valence-electron chi connectivity index (χ3n) is 3.79. The van der Waals surface area contributed by atoms with Gasteiger partial charge in [-0.3, -0.25) is 0 Å². The molecule has 3 rings (SSSR count). The van der Waals surface area contributed by atoms with E-state index in [4.69, 9.17) is 16.3 Å². The fraction of sp³-hybridized carbons (Fsp3) is 0.235. The molecule has 0 aromatic heterocycles. The fourth-order valence-electron chi connectivity index (χ4n) is 2.52. The molecule has 21 heavy (non-hydrogen) atoms. The lowest BCUT2D eigenvalue weighted by Crippen LogP contribution is -2.21. The van der Waals surface area contributed by atoms with Gasteiger partial charge in [0.1, 0.15) is 11.9 Å². The van der Waals surface area contributed by atoms with Gasteiger partial charge in [0.25, 0.3) is 0 Å². The number of aryl methyl sites for hydroxylation is 2. The molecule has 0 saturated carbocycles. The van der Waals surface area contributed by atoms with Crippen molar-refractivity contribution in [2.24, 2.45) is 5.16 Å². The lowest BCUT2D eigenvalue weighted by atomic mass is 9.94. The molecule has 0 aliphatic carbocycles. The first kappa shape index (κ1) is 14.0. The Morgan fingerprint density at radius 2 is 1.90 bits per heavy atom. The Morgan fingerprint density at radius 3 is 2.57 bits per heavy atom. The van der Waals surface area contributed by atoms with Gasteiger partial charge >= 0.3 is 0 Å². The Morgan fingerprint density at radius 1 is 1.19 bits per heavy atom. The largest absolute Gasteiger partial charge is 0.485 e. The quantitative estimate of drug-likeness (QED) is 0.615. The van der Waals surface area contributed by atoms with E-state index < -0.39 is 0 Å². The first-order valence-electron chi connectivity index (χ1n) is 6.83. The molecule has 0 bridgehead atoms. The number of ether oxygens (including phenoxy) is 1. The Labute approximate surface area is 128 Å². The second kappa shape index (κ2) is 5.41. The zero-order valence-corrected chi connectivity index (χ0v) is 12.7. The molecular weight excluding hydrogens is 286 g/mol. The highest BCUT2D eigenvalue weighted by atomic mass is 35.5. The fourth-order valence-corrected chi connectivity index (χ4v) is 2.68. The molecule has 1 unspecified atom stereocenters. The molecule has 0 radical (unpaired) electrons. The second-order valence-corrected chi connectivity index (χ2v) is 5.77. The first-order valence-corrected chi connectivity index (χ1v) is 7.21. The third kappa shape index (κ3) is 2.61. The summed E-state index contributed by atoms with van der Waals surface area (Å²) >= 11 is 6.15. The van der Waals surface area contributed by atoms with Crippen LogP contribution in [0.5, 0.6) is 5.75 Å². The van der Waals surface area contributed by atoms with Crippen LogP contribution in [-0.2, 0) is 0 Å². The Kier molecular flexibility index (Phi) is 3.60. The van der Waals surface area contributed by atoms with Crippen molar-refractivity contribution >= 4 is 17.3 Å². The van der Waals surface area contributed by atoms with Crippen LogP contribution in [0.2, 0.25) is 5.02 Å². The molecule has 2 aromatic rings. The average Bonchev–Trinajstić information content (AvgIpc) is 2.48. The number of nitrogens with zero attached hydrogens (tertiary/aromatic N) is 1. The van der Waals surface area contributed by atoms with Crippen LogP contribution in [0.15, 0.2) is 41.6 Å². The van der Waals surface area contributed by atoms with Crippen molar-refractivity contribution < 1.29 is 9.94 Å². The minimum absolute atomic E-state index is 0.149. The molecule has 1 aliphatic heterocycles. The molecule has 4 heteroatoms. The highest BCUT2D eigenvalue weighted by molar-refractivity contribution is 6.32. The van der Waals surface area contributed by atoms with Gasteiger partial charge in [0, 0.05) is 17.0 Å². The Bertz CT molecular complexity index is 707. The highest BCUT2D eigenvalue weighted by Crippen LogP contribution is 2.37. The number of hydrogen-bond acceptors (Lipinski definition) is 3. The molecule has 0 amide bonds. The van der Waals surface area contributed by atoms with E-state index in [1.54, 1.807) is 6.07 Å². The predicted octanol–water partition coefficient (Wildman–Crippen LogP) is 4.66. The number of fused-ring (bicyclic) bond motifs is 1. The van der Waals surface area contributed by atoms with E-state index in [9.17, 15) is 5.21 Å². The lowest BCUT2D eigenvalue weighted by molar-refractivity contribution is 0.203. The standard InChI is InChI=1S/C17H16ClNO2/c1-10-3-5-12(6-4-10)16-9-15(19-20)13-8-14(18)11(2)7-17(13)21-16/h3-8,16,20H,9H2,1-2H3/b19-15-. The lowest BCUT2D eigenvalue weighted by Gasteiger charge is -2.27. The minimum atomic E-state index is -0.149. The van der Waals surface area contributed by atoms with Crippen LogP contribution in [-0.4, -0.2) is 10.9 Å². The third-order valence-corrected chi connectivity index (χ3v) is 4.20. The predicted molar refractivity (Wildman–Crippen MR) is 83.7 cm³/mol. The van der Waals surface area contributed by atoms with E-state index in [0.29, 0.717) is 22.9 Å². The summed E-state index contributed by atoms with van der Waals surface area (Å²) in [6, 6.07) is 11.9. The average molecular weight is 302 g/mol. The zero-order valence-electron chi connectivity index (χ0n) is 11.9. The first-order chi connectivity index (χ1) is 10.1. The van der Waals surface area contributed by atoms with Crippen LogP contribution in [0.3, 0.4) is 0 Å². The maximum atomic E-state index is 9.30. The Balaban J connectivity index is 2.02. The topological polar surface area (TPSA) is 41.8 Å². The smallest absolute Gasteiger partial charge is 0.129 e.